The van der Waals surface area contributed by atoms with E-state index < -0.39 is 6.10 Å². The van der Waals surface area contributed by atoms with Crippen LogP contribution < -0.4 is 19.9 Å². The molecule has 0 saturated carbocycles. The van der Waals surface area contributed by atoms with Crippen molar-refractivity contribution in [3.8, 4) is 22.9 Å². The number of β-amino-alcohol motifs (C(OH)–C–C–N with tert-alkyl or cyclic N) is 1. The number of hydrogen-bond donors (Lipinski definition) is 2. The van der Waals surface area contributed by atoms with Gasteiger partial charge in [-0.15, -0.1) is 0 Å². The molecule has 0 fully saturated rings. The maximum atomic E-state index is 11.8. The molecule has 0 spiro atoms. The topological polar surface area (TPSA) is 101 Å². The molecular formula is C22H24N4O4. The second-order valence-corrected chi connectivity index (χ2v) is 7.10. The predicted molar refractivity (Wildman–Crippen MR) is 113 cm³/mol. The van der Waals surface area contributed by atoms with E-state index in [1.54, 1.807) is 20.4 Å². The van der Waals surface area contributed by atoms with Crippen LogP contribution in [0.2, 0.25) is 0 Å². The van der Waals surface area contributed by atoms with E-state index in [1.807, 2.05) is 36.1 Å². The first-order chi connectivity index (χ1) is 14.5. The minimum absolute atomic E-state index is 0.183. The van der Waals surface area contributed by atoms with Crippen molar-refractivity contribution in [3.05, 3.63) is 63.7 Å². The van der Waals surface area contributed by atoms with Gasteiger partial charge in [0, 0.05) is 41.2 Å². The fourth-order valence-electron chi connectivity index (χ4n) is 3.79. The lowest BCUT2D eigenvalue weighted by molar-refractivity contribution is 0.169. The van der Waals surface area contributed by atoms with E-state index in [2.05, 4.69) is 15.0 Å². The van der Waals surface area contributed by atoms with Crippen molar-refractivity contribution in [1.29, 1.82) is 0 Å². The van der Waals surface area contributed by atoms with Gasteiger partial charge in [-0.05, 0) is 30.7 Å². The fourth-order valence-corrected chi connectivity index (χ4v) is 3.79. The molecule has 8 heteroatoms. The number of anilines is 1. The molecule has 0 bridgehead atoms. The number of nitrogens with zero attached hydrogens (tertiary/aromatic N) is 3. The van der Waals surface area contributed by atoms with Crippen molar-refractivity contribution in [1.82, 2.24) is 15.0 Å². The number of aromatic amines is 1. The van der Waals surface area contributed by atoms with Crippen LogP contribution in [0.4, 0.5) is 5.82 Å². The SMILES string of the molecule is CCc1cc(=O)[nH]c(-c2ccc(N3Cc4c(OC)ccc(OC)c4[C@H](O)C3)nc2)n1. The Kier molecular flexibility index (Phi) is 5.41. The van der Waals surface area contributed by atoms with Gasteiger partial charge >= 0.3 is 0 Å². The van der Waals surface area contributed by atoms with Gasteiger partial charge < -0.3 is 24.5 Å². The fraction of sp³-hybridized carbons (Fsp3) is 0.318. The minimum Gasteiger partial charge on any atom is -0.496 e. The van der Waals surface area contributed by atoms with Crippen LogP contribution in [0.25, 0.3) is 11.4 Å². The number of nitrogens with one attached hydrogen (secondary N) is 1. The van der Waals surface area contributed by atoms with Crippen LogP contribution in [0.3, 0.4) is 0 Å². The molecule has 1 aliphatic rings. The van der Waals surface area contributed by atoms with Crippen LogP contribution in [-0.2, 0) is 13.0 Å². The molecule has 0 unspecified atom stereocenters. The van der Waals surface area contributed by atoms with E-state index in [9.17, 15) is 9.90 Å². The number of aryl methyl sites for hydroxylation is 1. The first-order valence-corrected chi connectivity index (χ1v) is 9.77. The number of benzene rings is 1. The van der Waals surface area contributed by atoms with Gasteiger partial charge in [-0.25, -0.2) is 9.97 Å². The van der Waals surface area contributed by atoms with E-state index in [-0.39, 0.29) is 5.56 Å². The van der Waals surface area contributed by atoms with Crippen molar-refractivity contribution < 1.29 is 14.6 Å². The van der Waals surface area contributed by atoms with Crippen molar-refractivity contribution >= 4 is 5.82 Å². The third-order valence-corrected chi connectivity index (χ3v) is 5.29. The summed E-state index contributed by atoms with van der Waals surface area (Å²) in [6.07, 6.45) is 1.62. The van der Waals surface area contributed by atoms with Gasteiger partial charge in [0.2, 0.25) is 0 Å². The summed E-state index contributed by atoms with van der Waals surface area (Å²) in [7, 11) is 3.20. The predicted octanol–water partition coefficient (Wildman–Crippen LogP) is 2.47. The van der Waals surface area contributed by atoms with E-state index in [0.29, 0.717) is 42.7 Å². The molecule has 2 N–H and O–H groups in total. The van der Waals surface area contributed by atoms with Gasteiger partial charge in [0.15, 0.2) is 0 Å². The van der Waals surface area contributed by atoms with Crippen molar-refractivity contribution in [2.75, 3.05) is 25.7 Å². The van der Waals surface area contributed by atoms with Gasteiger partial charge in [-0.3, -0.25) is 4.79 Å². The number of aromatic nitrogens is 3. The number of hydrogen-bond acceptors (Lipinski definition) is 7. The Labute approximate surface area is 174 Å². The van der Waals surface area contributed by atoms with Gasteiger partial charge in [0.1, 0.15) is 29.2 Å². The van der Waals surface area contributed by atoms with E-state index in [0.717, 1.165) is 22.4 Å². The van der Waals surface area contributed by atoms with Crippen LogP contribution >= 0.6 is 0 Å². The highest BCUT2D eigenvalue weighted by Gasteiger charge is 2.30. The summed E-state index contributed by atoms with van der Waals surface area (Å²) >= 11 is 0. The Hall–Kier alpha value is -3.39. The van der Waals surface area contributed by atoms with Gasteiger partial charge in [-0.2, -0.15) is 0 Å². The van der Waals surface area contributed by atoms with Crippen LogP contribution in [0, 0.1) is 0 Å². The Morgan fingerprint density at radius 3 is 2.63 bits per heavy atom. The normalized spacial score (nSPS) is 15.6. The van der Waals surface area contributed by atoms with Gasteiger partial charge in [0.25, 0.3) is 5.56 Å². The zero-order valence-electron chi connectivity index (χ0n) is 17.2. The summed E-state index contributed by atoms with van der Waals surface area (Å²) in [6.45, 7) is 2.86. The molecule has 0 saturated heterocycles. The monoisotopic (exact) mass is 408 g/mol. The average molecular weight is 408 g/mol. The number of aliphatic hydroxyl groups excluding tert-OH is 1. The highest BCUT2D eigenvalue weighted by molar-refractivity contribution is 5.59. The number of ether oxygens (including phenoxy) is 2. The maximum Gasteiger partial charge on any atom is 0.251 e. The van der Waals surface area contributed by atoms with Crippen LogP contribution in [0.15, 0.2) is 41.3 Å². The summed E-state index contributed by atoms with van der Waals surface area (Å²) in [5, 5.41) is 10.8. The van der Waals surface area contributed by atoms with E-state index in [4.69, 9.17) is 9.47 Å². The Bertz CT molecular complexity index is 1110. The molecule has 1 aromatic carbocycles. The summed E-state index contributed by atoms with van der Waals surface area (Å²) in [4.78, 5) is 25.6. The molecule has 30 heavy (non-hydrogen) atoms. The number of aliphatic hydroxyl groups is 1. The first kappa shape index (κ1) is 19.9. The lowest BCUT2D eigenvalue weighted by Crippen LogP contribution is -2.34. The molecule has 3 aromatic rings. The van der Waals surface area contributed by atoms with Crippen molar-refractivity contribution in [3.63, 3.8) is 0 Å². The number of methoxy groups -OCH3 is 2. The molecule has 3 heterocycles. The Morgan fingerprint density at radius 1 is 1.20 bits per heavy atom. The first-order valence-electron chi connectivity index (χ1n) is 9.77. The maximum absolute atomic E-state index is 11.8. The standard InChI is InChI=1S/C22H24N4O4/c1-4-14-9-20(28)25-22(24-14)13-5-8-19(23-10-13)26-11-15-17(29-2)6-7-18(30-3)21(15)16(27)12-26/h5-10,16,27H,4,11-12H2,1-3H3,(H,24,25,28)/t16-/m1/s1. The smallest absolute Gasteiger partial charge is 0.251 e. The second kappa shape index (κ2) is 8.16. The van der Waals surface area contributed by atoms with Crippen LogP contribution in [-0.4, -0.2) is 40.8 Å². The molecule has 0 radical (unpaired) electrons. The Balaban J connectivity index is 1.65. The molecule has 8 nitrogen and oxygen atoms in total. The van der Waals surface area contributed by atoms with Crippen molar-refractivity contribution in [2.45, 2.75) is 26.0 Å². The third-order valence-electron chi connectivity index (χ3n) is 5.29. The number of fused-ring (bicyclic) bond motifs is 1. The highest BCUT2D eigenvalue weighted by Crippen LogP contribution is 2.40. The molecule has 0 aliphatic carbocycles. The lowest BCUT2D eigenvalue weighted by atomic mass is 9.95. The minimum atomic E-state index is -0.737. The molecule has 0 amide bonds. The molecule has 1 aliphatic heterocycles. The van der Waals surface area contributed by atoms with Crippen LogP contribution in [0.5, 0.6) is 11.5 Å². The number of rotatable bonds is 5. The van der Waals surface area contributed by atoms with E-state index in [1.165, 1.54) is 6.07 Å². The third kappa shape index (κ3) is 3.61. The quantitative estimate of drug-likeness (QED) is 0.669. The zero-order valence-corrected chi connectivity index (χ0v) is 17.2. The highest BCUT2D eigenvalue weighted by atomic mass is 16.5. The molecule has 2 aromatic heterocycles. The van der Waals surface area contributed by atoms with E-state index >= 15 is 0 Å². The number of pyridine rings is 1. The van der Waals surface area contributed by atoms with Gasteiger partial charge in [-0.1, -0.05) is 6.92 Å². The van der Waals surface area contributed by atoms with Crippen molar-refractivity contribution in [2.24, 2.45) is 0 Å². The summed E-state index contributed by atoms with van der Waals surface area (Å²) < 4.78 is 10.9. The summed E-state index contributed by atoms with van der Waals surface area (Å²) in [5.74, 6) is 2.55. The average Bonchev–Trinajstić information content (AvgIpc) is 2.77. The lowest BCUT2D eigenvalue weighted by Gasteiger charge is -2.34. The molecular weight excluding hydrogens is 384 g/mol. The summed E-state index contributed by atoms with van der Waals surface area (Å²) in [6, 6.07) is 8.87. The van der Waals surface area contributed by atoms with Crippen LogP contribution in [0.1, 0.15) is 29.8 Å². The molecule has 4 rings (SSSR count). The molecule has 156 valence electrons. The Morgan fingerprint density at radius 2 is 1.97 bits per heavy atom. The second-order valence-electron chi connectivity index (χ2n) is 7.10. The number of H-pyrrole nitrogens is 1. The van der Waals surface area contributed by atoms with Gasteiger partial charge in [0.05, 0.1) is 20.8 Å². The zero-order chi connectivity index (χ0) is 21.3. The largest absolute Gasteiger partial charge is 0.496 e. The molecule has 1 atom stereocenters. The summed E-state index contributed by atoms with van der Waals surface area (Å²) in [5.41, 5.74) is 2.90.